The van der Waals surface area contributed by atoms with Crippen molar-refractivity contribution < 1.29 is 9.59 Å². The molecule has 2 heterocycles. The highest BCUT2D eigenvalue weighted by Gasteiger charge is 2.41. The second-order valence-corrected chi connectivity index (χ2v) is 12.5. The number of carbonyl (C=O) groups excluding carboxylic acids is 2. The molecule has 1 unspecified atom stereocenters. The number of ketones is 1. The van der Waals surface area contributed by atoms with E-state index in [0.717, 1.165) is 32.5 Å². The van der Waals surface area contributed by atoms with Crippen molar-refractivity contribution in [3.8, 4) is 6.07 Å². The van der Waals surface area contributed by atoms with Gasteiger partial charge in [-0.2, -0.15) is 5.26 Å². The average Bonchev–Trinajstić information content (AvgIpc) is 3.37. The van der Waals surface area contributed by atoms with Gasteiger partial charge in [0.05, 0.1) is 23.3 Å². The molecule has 11 heteroatoms. The van der Waals surface area contributed by atoms with Gasteiger partial charge in [-0.25, -0.2) is 0 Å². The number of benzene rings is 2. The predicted octanol–water partition coefficient (Wildman–Crippen LogP) is 5.95. The summed E-state index contributed by atoms with van der Waals surface area (Å²) < 4.78 is 1.53. The molecule has 3 aromatic rings. The number of Topliss-reactive ketones (excluding diaryl/α,β-unsaturated/α-hetero) is 1. The van der Waals surface area contributed by atoms with E-state index >= 15 is 0 Å². The molecule has 0 radical (unpaired) electrons. The minimum Gasteiger partial charge on any atom is -0.384 e. The first-order chi connectivity index (χ1) is 18.8. The van der Waals surface area contributed by atoms with Gasteiger partial charge in [0.15, 0.2) is 10.1 Å². The van der Waals surface area contributed by atoms with Crippen molar-refractivity contribution >= 4 is 61.5 Å². The van der Waals surface area contributed by atoms with E-state index < -0.39 is 5.92 Å². The van der Waals surface area contributed by atoms with Crippen molar-refractivity contribution in [2.75, 3.05) is 16.0 Å². The van der Waals surface area contributed by atoms with Gasteiger partial charge >= 0.3 is 0 Å². The van der Waals surface area contributed by atoms with E-state index in [4.69, 9.17) is 5.73 Å². The number of thioether (sulfide) groups is 1. The van der Waals surface area contributed by atoms with Crippen LogP contribution in [0.15, 0.2) is 73.9 Å². The number of halogens is 1. The Kier molecular flexibility index (Phi) is 7.88. The lowest BCUT2D eigenvalue weighted by Crippen LogP contribution is -2.38. The van der Waals surface area contributed by atoms with E-state index in [9.17, 15) is 14.9 Å². The molecule has 0 fully saturated rings. The molecule has 5 rings (SSSR count). The van der Waals surface area contributed by atoms with Crippen LogP contribution in [0.3, 0.4) is 0 Å². The summed E-state index contributed by atoms with van der Waals surface area (Å²) in [6, 6.07) is 15.8. The van der Waals surface area contributed by atoms with Crippen LogP contribution < -0.4 is 16.0 Å². The van der Waals surface area contributed by atoms with E-state index in [1.54, 1.807) is 4.90 Å². The Hall–Kier alpha value is -3.46. The molecule has 0 spiro atoms. The van der Waals surface area contributed by atoms with Crippen LogP contribution in [0.2, 0.25) is 0 Å². The first kappa shape index (κ1) is 27.1. The van der Waals surface area contributed by atoms with Crippen LogP contribution in [0.1, 0.15) is 41.9 Å². The monoisotopic (exact) mass is 620 g/mol. The molecular weight excluding hydrogens is 596 g/mol. The molecule has 8 nitrogen and oxygen atoms in total. The average molecular weight is 622 g/mol. The molecule has 1 aliphatic heterocycles. The number of aromatic nitrogens is 2. The summed E-state index contributed by atoms with van der Waals surface area (Å²) in [6.07, 6.45) is 1.76. The van der Waals surface area contributed by atoms with Gasteiger partial charge in [0.1, 0.15) is 5.82 Å². The van der Waals surface area contributed by atoms with Gasteiger partial charge in [-0.1, -0.05) is 68.9 Å². The van der Waals surface area contributed by atoms with Gasteiger partial charge in [0, 0.05) is 27.9 Å². The van der Waals surface area contributed by atoms with Crippen LogP contribution in [-0.4, -0.2) is 27.6 Å². The number of nitrogens with two attached hydrogens (primary N) is 1. The topological polar surface area (TPSA) is 125 Å². The second kappa shape index (κ2) is 11.3. The lowest BCUT2D eigenvalue weighted by Gasteiger charge is -2.38. The van der Waals surface area contributed by atoms with Crippen molar-refractivity contribution in [1.82, 2.24) is 10.2 Å². The minimum atomic E-state index is -0.513. The largest absolute Gasteiger partial charge is 0.384 e. The molecule has 198 valence electrons. The van der Waals surface area contributed by atoms with Crippen molar-refractivity contribution in [2.24, 2.45) is 5.73 Å². The molecule has 1 atom stereocenters. The Balaban J connectivity index is 1.41. The van der Waals surface area contributed by atoms with Crippen molar-refractivity contribution in [2.45, 2.75) is 43.4 Å². The maximum Gasteiger partial charge on any atom is 0.234 e. The summed E-state index contributed by atoms with van der Waals surface area (Å²) in [5, 5.41) is 22.2. The Labute approximate surface area is 243 Å². The molecule has 2 aliphatic rings. The molecule has 2 aromatic carbocycles. The molecule has 0 saturated heterocycles. The lowest BCUT2D eigenvalue weighted by atomic mass is 9.75. The highest BCUT2D eigenvalue weighted by Crippen LogP contribution is 2.47. The number of nitriles is 1. The molecule has 1 amide bonds. The predicted molar refractivity (Wildman–Crippen MR) is 157 cm³/mol. The maximum atomic E-state index is 13.3. The van der Waals surface area contributed by atoms with Crippen LogP contribution in [0.25, 0.3) is 0 Å². The van der Waals surface area contributed by atoms with Gasteiger partial charge in [-0.3, -0.25) is 14.5 Å². The normalized spacial score (nSPS) is 17.2. The number of hydrogen-bond donors (Lipinski definition) is 2. The number of amides is 1. The first-order valence-electron chi connectivity index (χ1n) is 12.3. The van der Waals surface area contributed by atoms with Gasteiger partial charge in [0.2, 0.25) is 11.0 Å². The molecule has 0 bridgehead atoms. The number of carbonyl (C=O) groups is 2. The Morgan fingerprint density at radius 1 is 1.26 bits per heavy atom. The molecule has 0 saturated carbocycles. The van der Waals surface area contributed by atoms with Crippen LogP contribution in [0.5, 0.6) is 0 Å². The fourth-order valence-electron chi connectivity index (χ4n) is 4.92. The Morgan fingerprint density at radius 3 is 2.82 bits per heavy atom. The van der Waals surface area contributed by atoms with E-state index in [1.165, 1.54) is 23.1 Å². The Morgan fingerprint density at radius 2 is 2.08 bits per heavy atom. The number of nitrogens with one attached hydrogen (secondary N) is 1. The smallest absolute Gasteiger partial charge is 0.234 e. The molecule has 1 aliphatic carbocycles. The van der Waals surface area contributed by atoms with Crippen molar-refractivity contribution in [1.29, 1.82) is 5.26 Å². The van der Waals surface area contributed by atoms with Gasteiger partial charge in [0.25, 0.3) is 0 Å². The minimum absolute atomic E-state index is 0.0204. The van der Waals surface area contributed by atoms with Crippen molar-refractivity contribution in [3.05, 3.63) is 86.3 Å². The number of anilines is 2. The van der Waals surface area contributed by atoms with Crippen LogP contribution >= 0.6 is 39.0 Å². The molecular formula is C28H25BrN6O2S2. The standard InChI is InChI=1S/C28H25BrN6O2S2/c1-15-5-3-6-17(11-15)24-19(13-30)26(31)35(21-7-4-8-22(36)25(21)24)27-33-34-28(39-27)38-14-23(37)32-20-10-9-18(29)12-16(20)2/h3,5-6,9-12,24H,4,7-8,14,31H2,1-2H3,(H,32,37). The molecule has 3 N–H and O–H groups in total. The van der Waals surface area contributed by atoms with Gasteiger partial charge < -0.3 is 11.1 Å². The summed E-state index contributed by atoms with van der Waals surface area (Å²) >= 11 is 5.97. The van der Waals surface area contributed by atoms with E-state index in [2.05, 4.69) is 37.5 Å². The van der Waals surface area contributed by atoms with E-state index in [0.29, 0.717) is 39.9 Å². The molecule has 39 heavy (non-hydrogen) atoms. The lowest BCUT2D eigenvalue weighted by molar-refractivity contribution is -0.116. The highest BCUT2D eigenvalue weighted by molar-refractivity contribution is 9.10. The third-order valence-electron chi connectivity index (χ3n) is 6.67. The fourth-order valence-corrected chi connectivity index (χ4v) is 7.08. The zero-order valence-electron chi connectivity index (χ0n) is 21.3. The molecule has 1 aromatic heterocycles. The number of hydrogen-bond acceptors (Lipinski definition) is 9. The van der Waals surface area contributed by atoms with Crippen molar-refractivity contribution in [3.63, 3.8) is 0 Å². The highest BCUT2D eigenvalue weighted by atomic mass is 79.9. The zero-order chi connectivity index (χ0) is 27.7. The fraction of sp³-hybridized carbons (Fsp3) is 0.250. The summed E-state index contributed by atoms with van der Waals surface area (Å²) in [6.45, 7) is 3.91. The summed E-state index contributed by atoms with van der Waals surface area (Å²) in [5.41, 5.74) is 11.9. The number of rotatable bonds is 6. The summed E-state index contributed by atoms with van der Waals surface area (Å²) in [7, 11) is 0. The Bertz CT molecular complexity index is 1590. The van der Waals surface area contributed by atoms with Gasteiger partial charge in [-0.15, -0.1) is 10.2 Å². The van der Waals surface area contributed by atoms with Crippen LogP contribution in [0, 0.1) is 25.2 Å². The third-order valence-corrected chi connectivity index (χ3v) is 9.20. The number of aryl methyl sites for hydroxylation is 2. The maximum absolute atomic E-state index is 13.3. The number of nitrogens with zero attached hydrogens (tertiary/aromatic N) is 4. The second-order valence-electron chi connectivity index (χ2n) is 9.38. The zero-order valence-corrected chi connectivity index (χ0v) is 24.5. The summed E-state index contributed by atoms with van der Waals surface area (Å²) in [5.74, 6) is -0.238. The van der Waals surface area contributed by atoms with E-state index in [1.807, 2.05) is 56.3 Å². The van der Waals surface area contributed by atoms with Gasteiger partial charge in [-0.05, 0) is 56.0 Å². The first-order valence-corrected chi connectivity index (χ1v) is 14.9. The summed E-state index contributed by atoms with van der Waals surface area (Å²) in [4.78, 5) is 27.6. The number of allylic oxidation sites excluding steroid dienone is 3. The third kappa shape index (κ3) is 5.50. The van der Waals surface area contributed by atoms with E-state index in [-0.39, 0.29) is 23.3 Å². The van der Waals surface area contributed by atoms with Crippen LogP contribution in [-0.2, 0) is 9.59 Å². The van der Waals surface area contributed by atoms with Crippen LogP contribution in [0.4, 0.5) is 10.8 Å². The SMILES string of the molecule is Cc1cccc(C2C(C#N)=C(N)N(c3nnc(SCC(=O)Nc4ccc(Br)cc4C)s3)C3=C2C(=O)CCC3)c1. The quantitative estimate of drug-likeness (QED) is 0.324.